The molecule has 2 N–H and O–H groups in total. The fourth-order valence-electron chi connectivity index (χ4n) is 5.48. The number of alkyl carbamates (subject to hydrolysis) is 2. The lowest BCUT2D eigenvalue weighted by atomic mass is 9.93. The minimum Gasteiger partial charge on any atom is -0.456 e. The zero-order valence-corrected chi connectivity index (χ0v) is 38.6. The van der Waals surface area contributed by atoms with Gasteiger partial charge in [0.2, 0.25) is 11.9 Å². The molecule has 0 spiro atoms. The number of aliphatic imine (C=N–C) groups is 1. The van der Waals surface area contributed by atoms with E-state index in [2.05, 4.69) is 36.4 Å². The molecule has 15 nitrogen and oxygen atoms in total. The van der Waals surface area contributed by atoms with Gasteiger partial charge in [-0.1, -0.05) is 57.5 Å². The van der Waals surface area contributed by atoms with E-state index in [1.165, 1.54) is 30.3 Å². The summed E-state index contributed by atoms with van der Waals surface area (Å²) in [6.07, 6.45) is -1.11. The number of nitrogens with zero attached hydrogens (tertiary/aromatic N) is 2. The van der Waals surface area contributed by atoms with Crippen LogP contribution in [0.3, 0.4) is 0 Å². The molecule has 336 valence electrons. The number of esters is 2. The second-order valence-electron chi connectivity index (χ2n) is 18.5. The Bertz CT molecular complexity index is 2090. The number of amides is 3. The first-order chi connectivity index (χ1) is 28.5. The van der Waals surface area contributed by atoms with Crippen LogP contribution in [0.1, 0.15) is 122 Å². The van der Waals surface area contributed by atoms with E-state index in [9.17, 15) is 24.0 Å². The third-order valence-electron chi connectivity index (χ3n) is 7.68. The molecule has 62 heavy (non-hydrogen) atoms. The van der Waals surface area contributed by atoms with Gasteiger partial charge >= 0.3 is 30.3 Å². The van der Waals surface area contributed by atoms with Crippen molar-refractivity contribution in [3.05, 3.63) is 94.0 Å². The summed E-state index contributed by atoms with van der Waals surface area (Å²) in [4.78, 5) is 87.1. The van der Waals surface area contributed by atoms with Crippen LogP contribution in [0.4, 0.5) is 15.3 Å². The van der Waals surface area contributed by atoms with E-state index < -0.39 is 46.8 Å². The van der Waals surface area contributed by atoms with Crippen molar-refractivity contribution in [1.82, 2.24) is 15.5 Å². The molecule has 0 aliphatic carbocycles. The number of nitrogens with one attached hydrogen (secondary N) is 2. The second-order valence-corrected chi connectivity index (χ2v) is 19.0. The van der Waals surface area contributed by atoms with Gasteiger partial charge in [-0.05, 0) is 134 Å². The Kier molecular flexibility index (Phi) is 18.6. The third kappa shape index (κ3) is 20.0. The molecule has 0 heterocycles. The summed E-state index contributed by atoms with van der Waals surface area (Å²) in [5, 5.41) is 5.15. The molecule has 0 fully saturated rings. The number of halogens is 1. The summed E-state index contributed by atoms with van der Waals surface area (Å²) in [5.41, 5.74) is -0.0380. The van der Waals surface area contributed by atoms with Gasteiger partial charge in [-0.25, -0.2) is 24.2 Å². The Balaban J connectivity index is 0.00000428. The van der Waals surface area contributed by atoms with E-state index in [0.717, 1.165) is 5.56 Å². The third-order valence-corrected chi connectivity index (χ3v) is 8.03. The number of ether oxygens (including phenoxy) is 4. The summed E-state index contributed by atoms with van der Waals surface area (Å²) < 4.78 is 21.7. The van der Waals surface area contributed by atoms with E-state index in [-0.39, 0.29) is 40.4 Å². The van der Waals surface area contributed by atoms with Crippen LogP contribution in [0.15, 0.2) is 71.7 Å². The molecular weight excluding hydrogens is 820 g/mol. The highest BCUT2D eigenvalue weighted by molar-refractivity contribution is 6.31. The Labute approximate surface area is 368 Å². The molecule has 3 rings (SSSR count). The van der Waals surface area contributed by atoms with Gasteiger partial charge in [0.1, 0.15) is 22.6 Å². The molecule has 0 bridgehead atoms. The van der Waals surface area contributed by atoms with E-state index >= 15 is 0 Å². The molecule has 3 amide bonds. The van der Waals surface area contributed by atoms with Crippen LogP contribution in [0.5, 0.6) is 5.75 Å². The molecule has 0 saturated heterocycles. The van der Waals surface area contributed by atoms with Gasteiger partial charge in [-0.15, -0.1) is 0 Å². The number of carbonyl (C=O) groups is 5. The Hall–Kier alpha value is -6.05. The maximum Gasteiger partial charge on any atom is 0.414 e. The van der Waals surface area contributed by atoms with Crippen LogP contribution in [0.25, 0.3) is 0 Å². The minimum atomic E-state index is -0.847. The van der Waals surface area contributed by atoms with E-state index in [1.807, 2.05) is 33.8 Å². The van der Waals surface area contributed by atoms with Crippen molar-refractivity contribution in [3.63, 3.8) is 0 Å². The highest BCUT2D eigenvalue weighted by Gasteiger charge is 2.27. The van der Waals surface area contributed by atoms with Crippen molar-refractivity contribution in [3.8, 4) is 5.75 Å². The van der Waals surface area contributed by atoms with Crippen LogP contribution in [0, 0.1) is 11.3 Å². The lowest BCUT2D eigenvalue weighted by Crippen LogP contribution is -2.47. The maximum atomic E-state index is 14.0. The van der Waals surface area contributed by atoms with Gasteiger partial charge < -0.3 is 23.8 Å². The fourth-order valence-corrected chi connectivity index (χ4v) is 5.73. The zero-order valence-electron chi connectivity index (χ0n) is 37.8. The van der Waals surface area contributed by atoms with Gasteiger partial charge in [-0.2, -0.15) is 9.59 Å². The van der Waals surface area contributed by atoms with Crippen molar-refractivity contribution in [1.29, 1.82) is 0 Å². The molecule has 0 aromatic heterocycles. The largest absolute Gasteiger partial charge is 0.456 e. The van der Waals surface area contributed by atoms with Crippen molar-refractivity contribution < 1.29 is 52.5 Å². The number of guanidine groups is 1. The number of benzene rings is 3. The van der Waals surface area contributed by atoms with Crippen molar-refractivity contribution in [2.24, 2.45) is 16.3 Å². The molecule has 0 saturated carbocycles. The fraction of sp³-hybridized carbons (Fsp3) is 0.457. The van der Waals surface area contributed by atoms with Crippen LogP contribution >= 0.6 is 11.6 Å². The van der Waals surface area contributed by atoms with Gasteiger partial charge in [0, 0.05) is 24.0 Å². The van der Waals surface area contributed by atoms with Crippen LogP contribution < -0.4 is 15.4 Å². The van der Waals surface area contributed by atoms with Crippen molar-refractivity contribution >= 4 is 59.4 Å². The molecule has 3 aromatic carbocycles. The number of carbonyl (C=O) groups excluding carboxylic acids is 7. The topological polar surface area (TPSA) is 196 Å². The van der Waals surface area contributed by atoms with E-state index in [0.29, 0.717) is 35.7 Å². The predicted octanol–water partition coefficient (Wildman–Crippen LogP) is 9.22. The molecule has 3 aromatic rings. The summed E-state index contributed by atoms with van der Waals surface area (Å²) in [6, 6.07) is 17.9. The van der Waals surface area contributed by atoms with E-state index in [1.54, 1.807) is 76.8 Å². The van der Waals surface area contributed by atoms with Crippen LogP contribution in [-0.2, 0) is 41.6 Å². The van der Waals surface area contributed by atoms with Crippen LogP contribution in [0.2, 0.25) is 5.02 Å². The average molecular weight is 879 g/mol. The van der Waals surface area contributed by atoms with Gasteiger partial charge in [0.05, 0.1) is 16.8 Å². The highest BCUT2D eigenvalue weighted by Crippen LogP contribution is 2.28. The minimum absolute atomic E-state index is 0.0738. The Morgan fingerprint density at radius 1 is 0.710 bits per heavy atom. The standard InChI is InChI=1S/C45H59ClN4O9.CO2/c1-28(36(51)50(27-42(2,3)4)26-29-15-14-16-32(24-29)38(53)57-43(5,6)7)23-31-19-22-34(25-35(31)46)56-37(52)30-17-20-33(21-18-30)47-39(48-40(54)58-44(8,9)10)49-41(55)59-45(11,12)13;2-1-3/h14-22,24-25,28H,23,26-27H2,1-13H3,(H2,47,48,49,54,55);. The first kappa shape index (κ1) is 52.1. The summed E-state index contributed by atoms with van der Waals surface area (Å²) in [7, 11) is 0. The zero-order chi connectivity index (χ0) is 47.2. The predicted molar refractivity (Wildman–Crippen MR) is 233 cm³/mol. The number of rotatable bonds is 10. The summed E-state index contributed by atoms with van der Waals surface area (Å²) in [5.74, 6) is -1.66. The number of hydrogen-bond donors (Lipinski definition) is 2. The Morgan fingerprint density at radius 2 is 1.24 bits per heavy atom. The van der Waals surface area contributed by atoms with Crippen molar-refractivity contribution in [2.45, 2.75) is 120 Å². The molecule has 16 heteroatoms. The molecule has 0 aliphatic rings. The molecule has 0 aliphatic heterocycles. The molecule has 1 unspecified atom stereocenters. The molecule has 1 atom stereocenters. The first-order valence-electron chi connectivity index (χ1n) is 19.8. The van der Waals surface area contributed by atoms with Gasteiger partial charge in [0.15, 0.2) is 0 Å². The monoisotopic (exact) mass is 878 g/mol. The first-order valence-corrected chi connectivity index (χ1v) is 20.1. The smallest absolute Gasteiger partial charge is 0.414 e. The SMILES string of the molecule is CC(Cc1ccc(OC(=O)c2ccc(N=C(NC(=O)OC(C)(C)C)NC(=O)OC(C)(C)C)cc2)cc1Cl)C(=O)N(Cc1cccc(C(=O)OC(C)(C)C)c1)CC(C)(C)C.O=C=O. The van der Waals surface area contributed by atoms with Gasteiger partial charge in [0.25, 0.3) is 0 Å². The highest BCUT2D eigenvalue weighted by atomic mass is 35.5. The van der Waals surface area contributed by atoms with Crippen molar-refractivity contribution in [2.75, 3.05) is 6.54 Å². The second kappa shape index (κ2) is 22.2. The normalized spacial score (nSPS) is 11.9. The maximum absolute atomic E-state index is 14.0. The van der Waals surface area contributed by atoms with E-state index in [4.69, 9.17) is 40.1 Å². The lowest BCUT2D eigenvalue weighted by molar-refractivity contribution is -0.191. The Morgan fingerprint density at radius 3 is 1.73 bits per heavy atom. The average Bonchev–Trinajstić information content (AvgIpc) is 3.10. The van der Waals surface area contributed by atoms with Crippen LogP contribution in [-0.4, -0.2) is 70.4 Å². The summed E-state index contributed by atoms with van der Waals surface area (Å²) in [6.45, 7) is 24.4. The number of hydrogen-bond acceptors (Lipinski definition) is 12. The molecule has 0 radical (unpaired) electrons. The molecular formula is C46H59ClN4O11. The summed E-state index contributed by atoms with van der Waals surface area (Å²) >= 11 is 6.68. The quantitative estimate of drug-likeness (QED) is 0.0648. The lowest BCUT2D eigenvalue weighted by Gasteiger charge is -2.32. The van der Waals surface area contributed by atoms with Gasteiger partial charge in [-0.3, -0.25) is 15.4 Å².